The van der Waals surface area contributed by atoms with Crippen LogP contribution in [0.3, 0.4) is 0 Å². The summed E-state index contributed by atoms with van der Waals surface area (Å²) in [5.74, 6) is 0.411. The number of benzene rings is 2. The predicted octanol–water partition coefficient (Wildman–Crippen LogP) is 3.35. The molecule has 2 N–H and O–H groups in total. The molecule has 23 heavy (non-hydrogen) atoms. The number of carbonyl (C=O) groups excluding carboxylic acids is 1. The molecule has 0 spiro atoms. The molecule has 0 unspecified atom stereocenters. The smallest absolute Gasteiger partial charge is 0.265 e. The summed E-state index contributed by atoms with van der Waals surface area (Å²) in [6.45, 7) is 1.67. The van der Waals surface area contributed by atoms with Crippen molar-refractivity contribution in [3.63, 3.8) is 0 Å². The SMILES string of the molecule is C[C@@H](Oc1cccnc1)C(=O)Nc1cccc2ccc(O)cc12. The summed E-state index contributed by atoms with van der Waals surface area (Å²) in [7, 11) is 0. The van der Waals surface area contributed by atoms with Crippen molar-refractivity contribution in [2.24, 2.45) is 0 Å². The van der Waals surface area contributed by atoms with Crippen molar-refractivity contribution in [2.75, 3.05) is 5.32 Å². The molecule has 116 valence electrons. The van der Waals surface area contributed by atoms with Gasteiger partial charge in [-0.05, 0) is 42.6 Å². The van der Waals surface area contributed by atoms with E-state index in [0.717, 1.165) is 10.8 Å². The minimum Gasteiger partial charge on any atom is -0.508 e. The first-order valence-corrected chi connectivity index (χ1v) is 7.23. The van der Waals surface area contributed by atoms with Gasteiger partial charge in [0.1, 0.15) is 11.5 Å². The lowest BCUT2D eigenvalue weighted by atomic mass is 10.1. The lowest BCUT2D eigenvalue weighted by Crippen LogP contribution is -2.30. The molecule has 0 aliphatic rings. The van der Waals surface area contributed by atoms with Gasteiger partial charge in [-0.1, -0.05) is 18.2 Å². The average molecular weight is 308 g/mol. The van der Waals surface area contributed by atoms with Crippen LogP contribution in [0, 0.1) is 0 Å². The number of hydrogen-bond acceptors (Lipinski definition) is 4. The highest BCUT2D eigenvalue weighted by atomic mass is 16.5. The monoisotopic (exact) mass is 308 g/mol. The van der Waals surface area contributed by atoms with E-state index in [2.05, 4.69) is 10.3 Å². The number of rotatable bonds is 4. The van der Waals surface area contributed by atoms with Gasteiger partial charge in [-0.3, -0.25) is 9.78 Å². The molecule has 0 saturated carbocycles. The molecule has 1 heterocycles. The van der Waals surface area contributed by atoms with E-state index in [0.29, 0.717) is 11.4 Å². The molecule has 3 aromatic rings. The summed E-state index contributed by atoms with van der Waals surface area (Å²) in [4.78, 5) is 16.3. The Bertz CT molecular complexity index is 834. The number of hydrogen-bond donors (Lipinski definition) is 2. The Morgan fingerprint density at radius 2 is 2.09 bits per heavy atom. The van der Waals surface area contributed by atoms with Crippen molar-refractivity contribution in [1.82, 2.24) is 4.98 Å². The number of amides is 1. The van der Waals surface area contributed by atoms with Gasteiger partial charge >= 0.3 is 0 Å². The van der Waals surface area contributed by atoms with Crippen molar-refractivity contribution in [3.05, 3.63) is 60.9 Å². The molecule has 0 radical (unpaired) electrons. The van der Waals surface area contributed by atoms with Gasteiger partial charge < -0.3 is 15.2 Å². The zero-order chi connectivity index (χ0) is 16.2. The predicted molar refractivity (Wildman–Crippen MR) is 88.6 cm³/mol. The normalized spacial score (nSPS) is 11.9. The molecule has 5 nitrogen and oxygen atoms in total. The van der Waals surface area contributed by atoms with Gasteiger partial charge in [-0.2, -0.15) is 0 Å². The third kappa shape index (κ3) is 3.40. The quantitative estimate of drug-likeness (QED) is 0.775. The number of phenols is 1. The van der Waals surface area contributed by atoms with Crippen LogP contribution in [0.5, 0.6) is 11.5 Å². The van der Waals surface area contributed by atoms with Gasteiger partial charge in [-0.25, -0.2) is 0 Å². The molecule has 0 bridgehead atoms. The van der Waals surface area contributed by atoms with Crippen molar-refractivity contribution >= 4 is 22.4 Å². The lowest BCUT2D eigenvalue weighted by Gasteiger charge is -2.15. The average Bonchev–Trinajstić information content (AvgIpc) is 2.56. The lowest BCUT2D eigenvalue weighted by molar-refractivity contribution is -0.122. The van der Waals surface area contributed by atoms with Gasteiger partial charge in [0.25, 0.3) is 5.91 Å². The molecule has 0 fully saturated rings. The molecule has 1 atom stereocenters. The summed E-state index contributed by atoms with van der Waals surface area (Å²) in [6, 6.07) is 14.1. The second-order valence-electron chi connectivity index (χ2n) is 5.15. The Morgan fingerprint density at radius 3 is 2.87 bits per heavy atom. The van der Waals surface area contributed by atoms with E-state index < -0.39 is 6.10 Å². The molecule has 0 aliphatic carbocycles. The van der Waals surface area contributed by atoms with Crippen LogP contribution in [0.2, 0.25) is 0 Å². The third-order valence-corrected chi connectivity index (χ3v) is 3.44. The number of fused-ring (bicyclic) bond motifs is 1. The first kappa shape index (κ1) is 14.8. The minimum atomic E-state index is -0.674. The second kappa shape index (κ2) is 6.36. The van der Waals surface area contributed by atoms with E-state index in [-0.39, 0.29) is 11.7 Å². The highest BCUT2D eigenvalue weighted by Crippen LogP contribution is 2.27. The fraction of sp³-hybridized carbons (Fsp3) is 0.111. The van der Waals surface area contributed by atoms with Crippen LogP contribution in [0.4, 0.5) is 5.69 Å². The molecule has 5 heteroatoms. The van der Waals surface area contributed by atoms with Gasteiger partial charge in [0.05, 0.1) is 6.20 Å². The molecule has 2 aromatic carbocycles. The number of nitrogens with one attached hydrogen (secondary N) is 1. The fourth-order valence-electron chi connectivity index (χ4n) is 2.28. The van der Waals surface area contributed by atoms with Crippen LogP contribution in [0.25, 0.3) is 10.8 Å². The van der Waals surface area contributed by atoms with Crippen molar-refractivity contribution in [2.45, 2.75) is 13.0 Å². The number of pyridine rings is 1. The number of aromatic nitrogens is 1. The Balaban J connectivity index is 1.79. The van der Waals surface area contributed by atoms with Crippen LogP contribution in [0.15, 0.2) is 60.9 Å². The first-order valence-electron chi connectivity index (χ1n) is 7.23. The molecule has 3 rings (SSSR count). The Morgan fingerprint density at radius 1 is 1.22 bits per heavy atom. The van der Waals surface area contributed by atoms with Gasteiger partial charge in [-0.15, -0.1) is 0 Å². The molecular weight excluding hydrogens is 292 g/mol. The summed E-state index contributed by atoms with van der Waals surface area (Å²) >= 11 is 0. The zero-order valence-corrected chi connectivity index (χ0v) is 12.6. The summed E-state index contributed by atoms with van der Waals surface area (Å²) in [5, 5.41) is 14.2. The van der Waals surface area contributed by atoms with Crippen LogP contribution >= 0.6 is 0 Å². The van der Waals surface area contributed by atoms with Gasteiger partial charge in [0.2, 0.25) is 0 Å². The Kier molecular flexibility index (Phi) is 4.10. The Labute approximate surface area is 133 Å². The molecule has 0 saturated heterocycles. The van der Waals surface area contributed by atoms with Crippen LogP contribution < -0.4 is 10.1 Å². The fourth-order valence-corrected chi connectivity index (χ4v) is 2.28. The van der Waals surface area contributed by atoms with Crippen LogP contribution in [0.1, 0.15) is 6.92 Å². The molecule has 1 aromatic heterocycles. The minimum absolute atomic E-state index is 0.152. The van der Waals surface area contributed by atoms with Crippen LogP contribution in [-0.2, 0) is 4.79 Å². The first-order chi connectivity index (χ1) is 11.1. The van der Waals surface area contributed by atoms with E-state index in [1.165, 1.54) is 0 Å². The van der Waals surface area contributed by atoms with Crippen LogP contribution in [-0.4, -0.2) is 22.1 Å². The van der Waals surface area contributed by atoms with Crippen molar-refractivity contribution in [3.8, 4) is 11.5 Å². The van der Waals surface area contributed by atoms with E-state index >= 15 is 0 Å². The third-order valence-electron chi connectivity index (χ3n) is 3.44. The van der Waals surface area contributed by atoms with Crippen molar-refractivity contribution in [1.29, 1.82) is 0 Å². The van der Waals surface area contributed by atoms with E-state index in [4.69, 9.17) is 4.74 Å². The zero-order valence-electron chi connectivity index (χ0n) is 12.6. The molecule has 1 amide bonds. The summed E-state index contributed by atoms with van der Waals surface area (Å²) in [5.41, 5.74) is 0.630. The summed E-state index contributed by atoms with van der Waals surface area (Å²) < 4.78 is 5.56. The molecular formula is C18H16N2O3. The number of phenolic OH excluding ortho intramolecular Hbond substituents is 1. The van der Waals surface area contributed by atoms with Crippen molar-refractivity contribution < 1.29 is 14.6 Å². The van der Waals surface area contributed by atoms with E-state index in [1.807, 2.05) is 12.1 Å². The topological polar surface area (TPSA) is 71.5 Å². The maximum absolute atomic E-state index is 12.3. The van der Waals surface area contributed by atoms with Gasteiger partial charge in [0.15, 0.2) is 6.10 Å². The largest absolute Gasteiger partial charge is 0.508 e. The van der Waals surface area contributed by atoms with E-state index in [1.54, 1.807) is 55.7 Å². The maximum atomic E-state index is 12.3. The number of nitrogens with zero attached hydrogens (tertiary/aromatic N) is 1. The number of anilines is 1. The molecule has 0 aliphatic heterocycles. The maximum Gasteiger partial charge on any atom is 0.265 e. The number of aromatic hydroxyl groups is 1. The number of carbonyl (C=O) groups is 1. The summed E-state index contributed by atoms with van der Waals surface area (Å²) in [6.07, 6.45) is 2.52. The number of ether oxygens (including phenoxy) is 1. The van der Waals surface area contributed by atoms with Gasteiger partial charge in [0, 0.05) is 17.3 Å². The highest BCUT2D eigenvalue weighted by Gasteiger charge is 2.16. The highest BCUT2D eigenvalue weighted by molar-refractivity contribution is 6.03. The Hall–Kier alpha value is -3.08. The van der Waals surface area contributed by atoms with E-state index in [9.17, 15) is 9.90 Å². The second-order valence-corrected chi connectivity index (χ2v) is 5.15. The standard InChI is InChI=1S/C18H16N2O3/c1-12(23-15-5-3-9-19-11-15)18(22)20-17-6-2-4-13-7-8-14(21)10-16(13)17/h2-12,21H,1H3,(H,20,22)/t12-/m1/s1.